The summed E-state index contributed by atoms with van der Waals surface area (Å²) >= 11 is 1.65. The van der Waals surface area contributed by atoms with Gasteiger partial charge in [-0.3, -0.25) is 4.79 Å². The molecule has 0 radical (unpaired) electrons. The number of carbonyl (C=O) groups is 1. The van der Waals surface area contributed by atoms with Gasteiger partial charge < -0.3 is 10.2 Å². The summed E-state index contributed by atoms with van der Waals surface area (Å²) in [4.78, 5) is 19.1. The molecule has 0 saturated carbocycles. The van der Waals surface area contributed by atoms with E-state index in [-0.39, 0.29) is 17.8 Å². The molecule has 0 aliphatic carbocycles. The van der Waals surface area contributed by atoms with Gasteiger partial charge in [-0.2, -0.15) is 10.1 Å². The van der Waals surface area contributed by atoms with Crippen molar-refractivity contribution in [3.05, 3.63) is 35.8 Å². The molecule has 4 rings (SSSR count). The van der Waals surface area contributed by atoms with Crippen molar-refractivity contribution in [3.8, 4) is 5.69 Å². The van der Waals surface area contributed by atoms with Crippen LogP contribution in [0.5, 0.6) is 0 Å². The Morgan fingerprint density at radius 1 is 1.28 bits per heavy atom. The van der Waals surface area contributed by atoms with E-state index in [9.17, 15) is 9.18 Å². The predicted molar refractivity (Wildman–Crippen MR) is 114 cm³/mol. The minimum atomic E-state index is -0.266. The normalized spacial score (nSPS) is 15.2. The topological polar surface area (TPSA) is 63.1 Å². The number of carbonyl (C=O) groups excluding carboxylic acids is 1. The maximum atomic E-state index is 13.3. The van der Waals surface area contributed by atoms with Crippen molar-refractivity contribution in [1.82, 2.24) is 20.1 Å². The van der Waals surface area contributed by atoms with E-state index >= 15 is 0 Å². The Balaban J connectivity index is 1.46. The van der Waals surface area contributed by atoms with Gasteiger partial charge in [0.15, 0.2) is 10.8 Å². The monoisotopic (exact) mass is 415 g/mol. The molecular formula is C21H26FN5OS. The highest BCUT2D eigenvalue weighted by atomic mass is 32.1. The van der Waals surface area contributed by atoms with Crippen LogP contribution in [0.1, 0.15) is 44.7 Å². The summed E-state index contributed by atoms with van der Waals surface area (Å²) in [6.07, 6.45) is 4.46. The van der Waals surface area contributed by atoms with Gasteiger partial charge in [0.2, 0.25) is 5.91 Å². The minimum absolute atomic E-state index is 0.167. The third kappa shape index (κ3) is 4.27. The van der Waals surface area contributed by atoms with E-state index in [1.807, 2.05) is 6.92 Å². The molecule has 1 N–H and O–H groups in total. The van der Waals surface area contributed by atoms with E-state index < -0.39 is 0 Å². The van der Waals surface area contributed by atoms with Gasteiger partial charge in [-0.05, 0) is 50.5 Å². The number of aryl methyl sites for hydroxylation is 1. The van der Waals surface area contributed by atoms with E-state index in [0.717, 1.165) is 65.6 Å². The second kappa shape index (κ2) is 8.49. The maximum Gasteiger partial charge on any atom is 0.220 e. The van der Waals surface area contributed by atoms with E-state index in [2.05, 4.69) is 22.2 Å². The number of anilines is 1. The summed E-state index contributed by atoms with van der Waals surface area (Å²) in [6.45, 7) is 5.82. The average molecular weight is 416 g/mol. The Bertz CT molecular complexity index is 989. The van der Waals surface area contributed by atoms with Crippen LogP contribution in [-0.2, 0) is 4.79 Å². The van der Waals surface area contributed by atoms with Gasteiger partial charge in [-0.15, -0.1) is 0 Å². The van der Waals surface area contributed by atoms with Gasteiger partial charge in [0.25, 0.3) is 0 Å². The number of nitrogens with zero attached hydrogens (tertiary/aromatic N) is 4. The molecule has 0 bridgehead atoms. The number of hydrogen-bond acceptors (Lipinski definition) is 5. The SMILES string of the molecule is CCCCC(=O)NC1CCN(c2nc3c(s2)c(C)nn3-c2ccc(F)cc2)CC1. The molecule has 1 aliphatic rings. The van der Waals surface area contributed by atoms with E-state index in [4.69, 9.17) is 4.98 Å². The highest BCUT2D eigenvalue weighted by molar-refractivity contribution is 7.22. The van der Waals surface area contributed by atoms with Crippen molar-refractivity contribution in [2.75, 3.05) is 18.0 Å². The predicted octanol–water partition coefficient (Wildman–Crippen LogP) is 4.20. The molecule has 0 atom stereocenters. The molecule has 2 aromatic heterocycles. The smallest absolute Gasteiger partial charge is 0.220 e. The molecule has 3 heterocycles. The van der Waals surface area contributed by atoms with Crippen LogP contribution in [0.25, 0.3) is 16.0 Å². The fraction of sp³-hybridized carbons (Fsp3) is 0.476. The minimum Gasteiger partial charge on any atom is -0.353 e. The van der Waals surface area contributed by atoms with Gasteiger partial charge in [0.05, 0.1) is 16.1 Å². The summed E-state index contributed by atoms with van der Waals surface area (Å²) < 4.78 is 16.1. The zero-order valence-electron chi connectivity index (χ0n) is 16.8. The van der Waals surface area contributed by atoms with Crippen LogP contribution < -0.4 is 10.2 Å². The third-order valence-electron chi connectivity index (χ3n) is 5.34. The molecule has 1 fully saturated rings. The average Bonchev–Trinajstić information content (AvgIpc) is 3.28. The first-order valence-corrected chi connectivity index (χ1v) is 11.0. The number of rotatable bonds is 6. The quantitative estimate of drug-likeness (QED) is 0.655. The Hall–Kier alpha value is -2.48. The number of unbranched alkanes of at least 4 members (excludes halogenated alkanes) is 1. The van der Waals surface area contributed by atoms with Crippen LogP contribution in [0.2, 0.25) is 0 Å². The number of hydrogen-bond donors (Lipinski definition) is 1. The van der Waals surface area contributed by atoms with Crippen LogP contribution >= 0.6 is 11.3 Å². The molecular weight excluding hydrogens is 389 g/mol. The van der Waals surface area contributed by atoms with E-state index in [1.54, 1.807) is 28.2 Å². The number of nitrogens with one attached hydrogen (secondary N) is 1. The summed E-state index contributed by atoms with van der Waals surface area (Å²) in [6, 6.07) is 6.55. The zero-order valence-corrected chi connectivity index (χ0v) is 17.6. The number of aromatic nitrogens is 3. The molecule has 3 aromatic rings. The molecule has 1 aliphatic heterocycles. The summed E-state index contributed by atoms with van der Waals surface area (Å²) in [5.41, 5.74) is 2.53. The molecule has 1 saturated heterocycles. The lowest BCUT2D eigenvalue weighted by atomic mass is 10.1. The van der Waals surface area contributed by atoms with Gasteiger partial charge >= 0.3 is 0 Å². The number of piperidine rings is 1. The van der Waals surface area contributed by atoms with Crippen molar-refractivity contribution < 1.29 is 9.18 Å². The number of benzene rings is 1. The summed E-state index contributed by atoms with van der Waals surface area (Å²) in [5, 5.41) is 8.72. The number of thiazole rings is 1. The fourth-order valence-corrected chi connectivity index (χ4v) is 4.71. The van der Waals surface area contributed by atoms with Gasteiger partial charge in [-0.1, -0.05) is 24.7 Å². The lowest BCUT2D eigenvalue weighted by molar-refractivity contribution is -0.122. The highest BCUT2D eigenvalue weighted by Crippen LogP contribution is 2.33. The van der Waals surface area contributed by atoms with E-state index in [1.165, 1.54) is 12.1 Å². The van der Waals surface area contributed by atoms with E-state index in [0.29, 0.717) is 6.42 Å². The standard InChI is InChI=1S/C21H26FN5OS/c1-3-4-5-18(28)23-16-10-12-26(13-11-16)21-24-20-19(29-21)14(2)25-27(20)17-8-6-15(22)7-9-17/h6-9,16H,3-5,10-13H2,1-2H3,(H,23,28). The molecule has 8 heteroatoms. The zero-order chi connectivity index (χ0) is 20.4. The third-order valence-corrected chi connectivity index (χ3v) is 6.55. The molecule has 29 heavy (non-hydrogen) atoms. The molecule has 1 amide bonds. The van der Waals surface area contributed by atoms with Gasteiger partial charge in [-0.25, -0.2) is 9.07 Å². The Morgan fingerprint density at radius 2 is 2.00 bits per heavy atom. The van der Waals surface area contributed by atoms with Crippen molar-refractivity contribution in [2.24, 2.45) is 0 Å². The Labute approximate surface area is 173 Å². The lowest BCUT2D eigenvalue weighted by Gasteiger charge is -2.32. The second-order valence-electron chi connectivity index (χ2n) is 7.56. The van der Waals surface area contributed by atoms with Gasteiger partial charge in [0.1, 0.15) is 5.82 Å². The first-order valence-electron chi connectivity index (χ1n) is 10.2. The van der Waals surface area contributed by atoms with Crippen molar-refractivity contribution in [1.29, 1.82) is 0 Å². The van der Waals surface area contributed by atoms with Crippen LogP contribution in [-0.4, -0.2) is 39.8 Å². The first-order chi connectivity index (χ1) is 14.0. The van der Waals surface area contributed by atoms with Crippen LogP contribution in [0, 0.1) is 12.7 Å². The van der Waals surface area contributed by atoms with Crippen molar-refractivity contribution in [3.63, 3.8) is 0 Å². The first kappa shape index (κ1) is 19.8. The maximum absolute atomic E-state index is 13.3. The molecule has 0 unspecified atom stereocenters. The molecule has 0 spiro atoms. The largest absolute Gasteiger partial charge is 0.353 e. The lowest BCUT2D eigenvalue weighted by Crippen LogP contribution is -2.44. The Morgan fingerprint density at radius 3 is 2.69 bits per heavy atom. The fourth-order valence-electron chi connectivity index (χ4n) is 3.67. The van der Waals surface area contributed by atoms with Crippen molar-refractivity contribution in [2.45, 2.75) is 52.0 Å². The molecule has 1 aromatic carbocycles. The summed E-state index contributed by atoms with van der Waals surface area (Å²) in [5.74, 6) is -0.0993. The number of amides is 1. The van der Waals surface area contributed by atoms with Crippen molar-refractivity contribution >= 4 is 32.7 Å². The summed E-state index contributed by atoms with van der Waals surface area (Å²) in [7, 11) is 0. The Kier molecular flexibility index (Phi) is 5.80. The molecule has 6 nitrogen and oxygen atoms in total. The molecule has 154 valence electrons. The number of halogens is 1. The second-order valence-corrected chi connectivity index (χ2v) is 8.53. The number of fused-ring (bicyclic) bond motifs is 1. The highest BCUT2D eigenvalue weighted by Gasteiger charge is 2.24. The van der Waals surface area contributed by atoms with Crippen LogP contribution in [0.4, 0.5) is 9.52 Å². The van der Waals surface area contributed by atoms with Crippen LogP contribution in [0.15, 0.2) is 24.3 Å². The van der Waals surface area contributed by atoms with Gasteiger partial charge in [0, 0.05) is 25.6 Å². The van der Waals surface area contributed by atoms with Crippen LogP contribution in [0.3, 0.4) is 0 Å².